The average molecular weight is 400 g/mol. The van der Waals surface area contributed by atoms with Crippen molar-refractivity contribution in [2.45, 2.75) is 50.0 Å². The molecule has 0 aliphatic carbocycles. The number of amides is 2. The predicted molar refractivity (Wildman–Crippen MR) is 102 cm³/mol. The highest BCUT2D eigenvalue weighted by molar-refractivity contribution is 7.89. The number of urea groups is 1. The summed E-state index contributed by atoms with van der Waals surface area (Å²) < 4.78 is 27.5. The van der Waals surface area contributed by atoms with Crippen LogP contribution >= 0.6 is 11.6 Å². The van der Waals surface area contributed by atoms with Crippen molar-refractivity contribution in [3.8, 4) is 0 Å². The number of nitrogens with zero attached hydrogens (tertiary/aromatic N) is 2. The van der Waals surface area contributed by atoms with Crippen molar-refractivity contribution in [2.24, 2.45) is 0 Å². The molecule has 2 heterocycles. The Hall–Kier alpha value is -1.31. The third-order valence-electron chi connectivity index (χ3n) is 5.19. The average Bonchev–Trinajstić information content (AvgIpc) is 2.65. The number of hydrogen-bond acceptors (Lipinski definition) is 3. The highest BCUT2D eigenvalue weighted by atomic mass is 35.5. The molecule has 0 radical (unpaired) electrons. The zero-order chi connectivity index (χ0) is 18.7. The Morgan fingerprint density at radius 3 is 2.62 bits per heavy atom. The molecular weight excluding hydrogens is 374 g/mol. The van der Waals surface area contributed by atoms with Gasteiger partial charge >= 0.3 is 6.03 Å². The van der Waals surface area contributed by atoms with Gasteiger partial charge in [0.25, 0.3) is 0 Å². The van der Waals surface area contributed by atoms with Crippen molar-refractivity contribution < 1.29 is 13.2 Å². The molecule has 1 aromatic carbocycles. The van der Waals surface area contributed by atoms with E-state index in [2.05, 4.69) is 5.32 Å². The summed E-state index contributed by atoms with van der Waals surface area (Å²) in [6.07, 6.45) is 4.75. The summed E-state index contributed by atoms with van der Waals surface area (Å²) in [6, 6.07) is 4.70. The fourth-order valence-electron chi connectivity index (χ4n) is 3.65. The summed E-state index contributed by atoms with van der Waals surface area (Å²) in [4.78, 5) is 14.5. The molecular formula is C18H26ClN3O3S. The highest BCUT2D eigenvalue weighted by Gasteiger charge is 2.32. The van der Waals surface area contributed by atoms with Gasteiger partial charge in [-0.2, -0.15) is 4.31 Å². The van der Waals surface area contributed by atoms with Gasteiger partial charge in [-0.25, -0.2) is 13.2 Å². The third kappa shape index (κ3) is 4.15. The summed E-state index contributed by atoms with van der Waals surface area (Å²) >= 11 is 6.10. The second-order valence-corrected chi connectivity index (χ2v) is 9.38. The Labute approximate surface area is 160 Å². The molecule has 0 aromatic heterocycles. The Balaban J connectivity index is 1.69. The van der Waals surface area contributed by atoms with E-state index in [1.54, 1.807) is 25.1 Å². The molecule has 2 saturated heterocycles. The number of carbonyl (C=O) groups is 1. The molecule has 1 N–H and O–H groups in total. The SMILES string of the molecule is Cc1c(Cl)cccc1S(=O)(=O)N1CCC[C@H](NC(=O)N2CCCCC2)C1. The van der Waals surface area contributed by atoms with Crippen LogP contribution in [0.3, 0.4) is 0 Å². The molecule has 2 fully saturated rings. The van der Waals surface area contributed by atoms with Crippen LogP contribution in [0.4, 0.5) is 4.79 Å². The largest absolute Gasteiger partial charge is 0.334 e. The van der Waals surface area contributed by atoms with Gasteiger partial charge in [0, 0.05) is 37.2 Å². The summed E-state index contributed by atoms with van der Waals surface area (Å²) in [7, 11) is -3.62. The standard InChI is InChI=1S/C18H26ClN3O3S/c1-14-16(19)8-5-9-17(14)26(24,25)22-12-6-7-15(13-22)20-18(23)21-10-3-2-4-11-21/h5,8-9,15H,2-4,6-7,10-13H2,1H3,(H,20,23)/t15-/m0/s1. The molecule has 0 unspecified atom stereocenters. The fraction of sp³-hybridized carbons (Fsp3) is 0.611. The van der Waals surface area contributed by atoms with Gasteiger partial charge in [0.15, 0.2) is 0 Å². The van der Waals surface area contributed by atoms with Crippen LogP contribution < -0.4 is 5.32 Å². The zero-order valence-corrected chi connectivity index (χ0v) is 16.7. The minimum absolute atomic E-state index is 0.0760. The molecule has 2 aliphatic heterocycles. The number of hydrogen-bond donors (Lipinski definition) is 1. The lowest BCUT2D eigenvalue weighted by molar-refractivity contribution is 0.176. The molecule has 0 spiro atoms. The molecule has 1 aromatic rings. The van der Waals surface area contributed by atoms with Gasteiger partial charge in [0.05, 0.1) is 4.90 Å². The lowest BCUT2D eigenvalue weighted by atomic mass is 10.1. The molecule has 0 saturated carbocycles. The quantitative estimate of drug-likeness (QED) is 0.849. The lowest BCUT2D eigenvalue weighted by Gasteiger charge is -2.35. The van der Waals surface area contributed by atoms with E-state index in [1.165, 1.54) is 4.31 Å². The van der Waals surface area contributed by atoms with Crippen LogP contribution in [-0.2, 0) is 10.0 Å². The van der Waals surface area contributed by atoms with E-state index >= 15 is 0 Å². The van der Waals surface area contributed by atoms with Crippen LogP contribution in [-0.4, -0.2) is 55.9 Å². The zero-order valence-electron chi connectivity index (χ0n) is 15.1. The summed E-state index contributed by atoms with van der Waals surface area (Å²) in [5, 5.41) is 3.47. The Morgan fingerprint density at radius 2 is 1.88 bits per heavy atom. The first kappa shape index (κ1) is 19.5. The van der Waals surface area contributed by atoms with Crippen LogP contribution in [0.25, 0.3) is 0 Å². The molecule has 1 atom stereocenters. The number of likely N-dealkylation sites (tertiary alicyclic amines) is 1. The van der Waals surface area contributed by atoms with Crippen molar-refractivity contribution in [1.82, 2.24) is 14.5 Å². The number of sulfonamides is 1. The second-order valence-electron chi connectivity index (χ2n) is 7.06. The molecule has 26 heavy (non-hydrogen) atoms. The maximum Gasteiger partial charge on any atom is 0.317 e. The fourth-order valence-corrected chi connectivity index (χ4v) is 5.65. The Morgan fingerprint density at radius 1 is 1.15 bits per heavy atom. The van der Waals surface area contributed by atoms with Gasteiger partial charge in [0.2, 0.25) is 10.0 Å². The molecule has 6 nitrogen and oxygen atoms in total. The second kappa shape index (κ2) is 8.15. The third-order valence-corrected chi connectivity index (χ3v) is 7.61. The van der Waals surface area contributed by atoms with Gasteiger partial charge in [-0.1, -0.05) is 17.7 Å². The number of halogens is 1. The molecule has 2 amide bonds. The van der Waals surface area contributed by atoms with E-state index in [1.807, 2.05) is 4.90 Å². The number of benzene rings is 1. The van der Waals surface area contributed by atoms with Gasteiger partial charge in [-0.15, -0.1) is 0 Å². The van der Waals surface area contributed by atoms with E-state index in [0.717, 1.165) is 45.2 Å². The summed E-state index contributed by atoms with van der Waals surface area (Å²) in [6.45, 7) is 4.04. The van der Waals surface area contributed by atoms with Crippen molar-refractivity contribution in [2.75, 3.05) is 26.2 Å². The molecule has 3 rings (SSSR count). The van der Waals surface area contributed by atoms with E-state index < -0.39 is 10.0 Å². The molecule has 2 aliphatic rings. The van der Waals surface area contributed by atoms with Crippen LogP contribution in [0.5, 0.6) is 0 Å². The molecule has 144 valence electrons. The van der Waals surface area contributed by atoms with Gasteiger partial charge in [-0.3, -0.25) is 0 Å². The van der Waals surface area contributed by atoms with Gasteiger partial charge in [-0.05, 0) is 56.7 Å². The first-order valence-corrected chi connectivity index (χ1v) is 11.0. The topological polar surface area (TPSA) is 69.7 Å². The van der Waals surface area contributed by atoms with Crippen molar-refractivity contribution in [3.63, 3.8) is 0 Å². The number of nitrogens with one attached hydrogen (secondary N) is 1. The summed E-state index contributed by atoms with van der Waals surface area (Å²) in [5.41, 5.74) is 0.564. The maximum absolute atomic E-state index is 13.0. The number of carbonyl (C=O) groups excluding carboxylic acids is 1. The highest BCUT2D eigenvalue weighted by Crippen LogP contribution is 2.27. The minimum atomic E-state index is -3.62. The van der Waals surface area contributed by atoms with E-state index in [9.17, 15) is 13.2 Å². The van der Waals surface area contributed by atoms with Crippen LogP contribution in [0.1, 0.15) is 37.7 Å². The molecule has 8 heteroatoms. The lowest BCUT2D eigenvalue weighted by Crippen LogP contribution is -2.53. The number of piperidine rings is 2. The number of rotatable bonds is 3. The first-order chi connectivity index (χ1) is 12.4. The van der Waals surface area contributed by atoms with Crippen LogP contribution in [0.2, 0.25) is 5.02 Å². The summed E-state index contributed by atoms with van der Waals surface area (Å²) in [5.74, 6) is 0. The smallest absolute Gasteiger partial charge is 0.317 e. The van der Waals surface area contributed by atoms with Gasteiger partial charge in [0.1, 0.15) is 0 Å². The Kier molecular flexibility index (Phi) is 6.10. The minimum Gasteiger partial charge on any atom is -0.334 e. The van der Waals surface area contributed by atoms with E-state index in [0.29, 0.717) is 23.7 Å². The normalized spacial score (nSPS) is 22.2. The van der Waals surface area contributed by atoms with Gasteiger partial charge < -0.3 is 10.2 Å². The Bertz CT molecular complexity index is 763. The maximum atomic E-state index is 13.0. The van der Waals surface area contributed by atoms with Crippen molar-refractivity contribution in [1.29, 1.82) is 0 Å². The van der Waals surface area contributed by atoms with Crippen molar-refractivity contribution >= 4 is 27.7 Å². The molecule has 0 bridgehead atoms. The monoisotopic (exact) mass is 399 g/mol. The van der Waals surface area contributed by atoms with Crippen LogP contribution in [0.15, 0.2) is 23.1 Å². The van der Waals surface area contributed by atoms with E-state index in [4.69, 9.17) is 11.6 Å². The first-order valence-electron chi connectivity index (χ1n) is 9.20. The van der Waals surface area contributed by atoms with Crippen molar-refractivity contribution in [3.05, 3.63) is 28.8 Å². The predicted octanol–water partition coefficient (Wildman–Crippen LogP) is 3.00. The van der Waals surface area contributed by atoms with E-state index in [-0.39, 0.29) is 17.0 Å². The van der Waals surface area contributed by atoms with Crippen LogP contribution in [0, 0.1) is 6.92 Å².